The van der Waals surface area contributed by atoms with E-state index in [0.717, 1.165) is 38.5 Å². The summed E-state index contributed by atoms with van der Waals surface area (Å²) in [5.74, 6) is 0.550. The maximum atomic E-state index is 12.6. The molecular formula is C24H40O6S. The molecular weight excluding hydrogens is 416 g/mol. The van der Waals surface area contributed by atoms with E-state index in [4.69, 9.17) is 5.11 Å². The molecule has 3 N–H and O–H groups in total. The minimum atomic E-state index is -4.18. The van der Waals surface area contributed by atoms with Gasteiger partial charge in [-0.2, -0.15) is 8.42 Å². The molecule has 0 heterocycles. The van der Waals surface area contributed by atoms with Crippen LogP contribution in [0.5, 0.6) is 0 Å². The second-order valence-corrected chi connectivity index (χ2v) is 13.5. The molecule has 0 aliphatic heterocycles. The smallest absolute Gasteiger partial charge is 0.303 e. The Hall–Kier alpha value is -0.660. The van der Waals surface area contributed by atoms with E-state index in [1.165, 1.54) is 0 Å². The molecule has 10 atom stereocenters. The van der Waals surface area contributed by atoms with Gasteiger partial charge in [0.25, 0.3) is 10.1 Å². The van der Waals surface area contributed by atoms with Crippen molar-refractivity contribution >= 4 is 16.1 Å². The Labute approximate surface area is 186 Å². The lowest BCUT2D eigenvalue weighted by Gasteiger charge is -2.62. The van der Waals surface area contributed by atoms with Crippen LogP contribution >= 0.6 is 0 Å². The number of aliphatic hydroxyl groups is 1. The van der Waals surface area contributed by atoms with Gasteiger partial charge in [-0.3, -0.25) is 9.35 Å². The molecule has 4 saturated carbocycles. The fraction of sp³-hybridized carbons (Fsp3) is 0.958. The molecule has 0 aromatic carbocycles. The van der Waals surface area contributed by atoms with Gasteiger partial charge >= 0.3 is 5.97 Å². The summed E-state index contributed by atoms with van der Waals surface area (Å²) in [7, 11) is -4.18. The van der Waals surface area contributed by atoms with Gasteiger partial charge in [-0.15, -0.1) is 0 Å². The molecule has 31 heavy (non-hydrogen) atoms. The van der Waals surface area contributed by atoms with Gasteiger partial charge < -0.3 is 10.2 Å². The SMILES string of the molecule is CC(CCC(=O)O)[C@H]1CCC2[C@H]3C(CC[C@@]21C)[C@@]1(C)CC[C@@H](O)C[C@H]1C[C@H]3S(=O)(=O)O. The van der Waals surface area contributed by atoms with Gasteiger partial charge in [0, 0.05) is 6.42 Å². The van der Waals surface area contributed by atoms with E-state index in [1.54, 1.807) is 0 Å². The Kier molecular flexibility index (Phi) is 6.05. The third kappa shape index (κ3) is 3.86. The van der Waals surface area contributed by atoms with Gasteiger partial charge in [0.15, 0.2) is 0 Å². The predicted octanol–water partition coefficient (Wildman–Crippen LogP) is 4.37. The van der Waals surface area contributed by atoms with Crippen molar-refractivity contribution in [2.75, 3.05) is 0 Å². The highest BCUT2D eigenvalue weighted by Gasteiger charge is 2.64. The third-order valence-electron chi connectivity index (χ3n) is 10.6. The van der Waals surface area contributed by atoms with Crippen LogP contribution in [0.1, 0.15) is 85.0 Å². The number of aliphatic carboxylic acids is 1. The maximum Gasteiger partial charge on any atom is 0.303 e. The number of fused-ring (bicyclic) bond motifs is 5. The highest BCUT2D eigenvalue weighted by atomic mass is 32.2. The summed E-state index contributed by atoms with van der Waals surface area (Å²) in [6.45, 7) is 6.78. The quantitative estimate of drug-likeness (QED) is 0.530. The molecule has 4 aliphatic carbocycles. The van der Waals surface area contributed by atoms with Crippen LogP contribution in [0.3, 0.4) is 0 Å². The molecule has 4 fully saturated rings. The maximum absolute atomic E-state index is 12.6. The summed E-state index contributed by atoms with van der Waals surface area (Å²) in [4.78, 5) is 11.1. The first-order chi connectivity index (χ1) is 14.4. The normalized spacial score (nSPS) is 48.4. The average Bonchev–Trinajstić information content (AvgIpc) is 3.02. The minimum Gasteiger partial charge on any atom is -0.481 e. The van der Waals surface area contributed by atoms with E-state index >= 15 is 0 Å². The van der Waals surface area contributed by atoms with Crippen LogP contribution in [0.4, 0.5) is 0 Å². The van der Waals surface area contributed by atoms with Crippen molar-refractivity contribution in [2.24, 2.45) is 46.3 Å². The zero-order valence-corrected chi connectivity index (χ0v) is 20.0. The summed E-state index contributed by atoms with van der Waals surface area (Å²) in [6.07, 6.45) is 7.29. The summed E-state index contributed by atoms with van der Waals surface area (Å²) < 4.78 is 35.5. The topological polar surface area (TPSA) is 112 Å². The highest BCUT2D eigenvalue weighted by Crippen LogP contribution is 2.69. The lowest BCUT2D eigenvalue weighted by atomic mass is 9.44. The number of hydrogen-bond acceptors (Lipinski definition) is 4. The van der Waals surface area contributed by atoms with Crippen molar-refractivity contribution in [1.82, 2.24) is 0 Å². The molecule has 3 unspecified atom stereocenters. The molecule has 0 bridgehead atoms. The van der Waals surface area contributed by atoms with Crippen LogP contribution < -0.4 is 0 Å². The Bertz CT molecular complexity index is 811. The number of carboxylic acids is 1. The molecule has 0 saturated heterocycles. The molecule has 0 aromatic heterocycles. The lowest BCUT2D eigenvalue weighted by Crippen LogP contribution is -2.60. The van der Waals surface area contributed by atoms with Gasteiger partial charge in [-0.25, -0.2) is 0 Å². The van der Waals surface area contributed by atoms with Gasteiger partial charge in [0.05, 0.1) is 11.4 Å². The van der Waals surface area contributed by atoms with Crippen molar-refractivity contribution in [1.29, 1.82) is 0 Å². The standard InChI is InChI=1S/C24H40O6S/c1-14(4-7-21(26)27)17-5-6-18-22-19(9-11-24(17,18)3)23(2)10-8-16(25)12-15(23)13-20(22)31(28,29)30/h14-20,22,25H,4-13H2,1-3H3,(H,26,27)(H,28,29,30)/t14?,15-,16+,17+,18?,19?,20+,22-,23-,24+/m0/s1. The number of rotatable bonds is 5. The van der Waals surface area contributed by atoms with Crippen LogP contribution in [0.15, 0.2) is 0 Å². The number of aliphatic hydroxyl groups excluding tert-OH is 1. The molecule has 4 aliphatic rings. The summed E-state index contributed by atoms with van der Waals surface area (Å²) >= 11 is 0. The average molecular weight is 457 g/mol. The number of carbonyl (C=O) groups is 1. The van der Waals surface area contributed by atoms with E-state index in [2.05, 4.69) is 20.8 Å². The first-order valence-corrected chi connectivity index (χ1v) is 13.7. The first-order valence-electron chi connectivity index (χ1n) is 12.2. The fourth-order valence-electron chi connectivity index (χ4n) is 9.02. The monoisotopic (exact) mass is 456 g/mol. The van der Waals surface area contributed by atoms with Crippen molar-refractivity contribution in [3.63, 3.8) is 0 Å². The van der Waals surface area contributed by atoms with Gasteiger partial charge in [-0.05, 0) is 104 Å². The van der Waals surface area contributed by atoms with Crippen LogP contribution in [0.25, 0.3) is 0 Å². The first kappa shape index (κ1) is 23.5. The highest BCUT2D eigenvalue weighted by molar-refractivity contribution is 7.86. The summed E-state index contributed by atoms with van der Waals surface area (Å²) in [5.41, 5.74) is 0.0266. The second kappa shape index (κ2) is 7.98. The Morgan fingerprint density at radius 3 is 2.32 bits per heavy atom. The van der Waals surface area contributed by atoms with Crippen LogP contribution in [0.2, 0.25) is 0 Å². The van der Waals surface area contributed by atoms with E-state index in [1.807, 2.05) is 0 Å². The van der Waals surface area contributed by atoms with Gasteiger partial charge in [0.2, 0.25) is 0 Å². The van der Waals surface area contributed by atoms with Crippen LogP contribution in [-0.2, 0) is 14.9 Å². The Morgan fingerprint density at radius 2 is 1.68 bits per heavy atom. The largest absolute Gasteiger partial charge is 0.481 e. The zero-order valence-electron chi connectivity index (χ0n) is 19.2. The van der Waals surface area contributed by atoms with Crippen molar-refractivity contribution in [3.8, 4) is 0 Å². The van der Waals surface area contributed by atoms with E-state index in [0.29, 0.717) is 31.1 Å². The van der Waals surface area contributed by atoms with Gasteiger partial charge in [0.1, 0.15) is 0 Å². The molecule has 7 heteroatoms. The molecule has 178 valence electrons. The summed E-state index contributed by atoms with van der Waals surface area (Å²) in [6, 6.07) is 0. The predicted molar refractivity (Wildman–Crippen MR) is 118 cm³/mol. The Morgan fingerprint density at radius 1 is 1.03 bits per heavy atom. The zero-order chi connectivity index (χ0) is 22.8. The molecule has 4 rings (SSSR count). The van der Waals surface area contributed by atoms with Gasteiger partial charge in [-0.1, -0.05) is 20.8 Å². The molecule has 0 amide bonds. The molecule has 6 nitrogen and oxygen atoms in total. The fourth-order valence-corrected chi connectivity index (χ4v) is 10.3. The van der Waals surface area contributed by atoms with Crippen molar-refractivity contribution in [3.05, 3.63) is 0 Å². The molecule has 0 spiro atoms. The molecule has 0 radical (unpaired) electrons. The van der Waals surface area contributed by atoms with Crippen molar-refractivity contribution < 1.29 is 28.0 Å². The molecule has 0 aromatic rings. The number of carboxylic acid groups (broad SMARTS) is 1. The third-order valence-corrected chi connectivity index (χ3v) is 11.9. The van der Waals surface area contributed by atoms with E-state index < -0.39 is 21.3 Å². The van der Waals surface area contributed by atoms with Crippen molar-refractivity contribution in [2.45, 2.75) is 96.3 Å². The lowest BCUT2D eigenvalue weighted by molar-refractivity contribution is -0.138. The van der Waals surface area contributed by atoms with Crippen LogP contribution in [0, 0.1) is 46.3 Å². The minimum absolute atomic E-state index is 0.000591. The van der Waals surface area contributed by atoms with Crippen LogP contribution in [-0.4, -0.2) is 40.5 Å². The Balaban J connectivity index is 1.66. The number of hydrogen-bond donors (Lipinski definition) is 3. The summed E-state index contributed by atoms with van der Waals surface area (Å²) in [5, 5.41) is 18.7. The van der Waals surface area contributed by atoms with E-state index in [9.17, 15) is 22.9 Å². The second-order valence-electron chi connectivity index (χ2n) is 11.8. The van der Waals surface area contributed by atoms with E-state index in [-0.39, 0.29) is 47.0 Å².